The number of rotatable bonds is 10. The molecule has 1 aromatic heterocycles. The molecular formula is C28H40N2O3Si. The molecule has 5 nitrogen and oxygen atoms in total. The second-order valence-corrected chi connectivity index (χ2v) is 15.4. The van der Waals surface area contributed by atoms with Crippen LogP contribution in [0.4, 0.5) is 0 Å². The number of benzene rings is 2. The molecule has 184 valence electrons. The summed E-state index contributed by atoms with van der Waals surface area (Å²) in [6, 6.07) is 15.3. The molecule has 3 aromatic rings. The van der Waals surface area contributed by atoms with Crippen LogP contribution in [0.15, 0.2) is 55.0 Å². The van der Waals surface area contributed by atoms with Gasteiger partial charge in [-0.15, -0.1) is 0 Å². The molecule has 0 radical (unpaired) electrons. The van der Waals surface area contributed by atoms with Gasteiger partial charge in [0, 0.05) is 6.20 Å². The number of hydrogen-bond donors (Lipinski definition) is 0. The average Bonchev–Trinajstić information content (AvgIpc) is 3.25. The van der Waals surface area contributed by atoms with Crippen molar-refractivity contribution in [3.8, 4) is 0 Å². The molecule has 0 amide bonds. The maximum Gasteiger partial charge on any atom is 0.358 e. The minimum Gasteiger partial charge on any atom is -0.461 e. The van der Waals surface area contributed by atoms with E-state index in [4.69, 9.17) is 9.16 Å². The van der Waals surface area contributed by atoms with E-state index in [9.17, 15) is 4.79 Å². The third-order valence-corrected chi connectivity index (χ3v) is 11.7. The number of esters is 1. The van der Waals surface area contributed by atoms with Crippen LogP contribution in [0.1, 0.15) is 69.6 Å². The molecule has 0 aliphatic carbocycles. The lowest BCUT2D eigenvalue weighted by molar-refractivity contribution is 0.0519. The molecule has 0 spiro atoms. The Bertz CT molecular complexity index is 1100. The summed E-state index contributed by atoms with van der Waals surface area (Å²) in [7, 11) is -1.95. The van der Waals surface area contributed by atoms with E-state index in [1.54, 1.807) is 13.3 Å². The smallest absolute Gasteiger partial charge is 0.358 e. The van der Waals surface area contributed by atoms with Crippen molar-refractivity contribution in [3.05, 3.63) is 66.2 Å². The van der Waals surface area contributed by atoms with E-state index in [2.05, 4.69) is 88.2 Å². The molecule has 6 heteroatoms. The zero-order valence-electron chi connectivity index (χ0n) is 21.8. The summed E-state index contributed by atoms with van der Waals surface area (Å²) in [4.78, 5) is 16.5. The summed E-state index contributed by atoms with van der Waals surface area (Å²) in [6.07, 6.45) is 6.50. The van der Waals surface area contributed by atoms with Crippen LogP contribution in [0.5, 0.6) is 0 Å². The number of ether oxygens (including phenoxy) is 1. The summed E-state index contributed by atoms with van der Waals surface area (Å²) >= 11 is 0. The van der Waals surface area contributed by atoms with Gasteiger partial charge in [0.1, 0.15) is 0 Å². The highest BCUT2D eigenvalue weighted by Crippen LogP contribution is 2.39. The van der Waals surface area contributed by atoms with E-state index in [0.29, 0.717) is 12.3 Å². The maximum atomic E-state index is 12.2. The number of aryl methyl sites for hydroxylation is 1. The van der Waals surface area contributed by atoms with Crippen LogP contribution in [-0.2, 0) is 15.6 Å². The van der Waals surface area contributed by atoms with E-state index in [1.165, 1.54) is 16.3 Å². The highest BCUT2D eigenvalue weighted by molar-refractivity contribution is 6.74. The summed E-state index contributed by atoms with van der Waals surface area (Å²) in [5, 5.41) is 2.67. The number of imidazole rings is 1. The molecule has 2 unspecified atom stereocenters. The first-order chi connectivity index (χ1) is 16.0. The van der Waals surface area contributed by atoms with E-state index in [1.807, 2.05) is 10.8 Å². The molecule has 34 heavy (non-hydrogen) atoms. The van der Waals surface area contributed by atoms with Crippen LogP contribution >= 0.6 is 0 Å². The molecule has 0 bridgehead atoms. The number of carbonyl (C=O) groups is 1. The molecule has 0 saturated carbocycles. The summed E-state index contributed by atoms with van der Waals surface area (Å²) in [6.45, 7) is 15.7. The van der Waals surface area contributed by atoms with Crippen LogP contribution in [-0.4, -0.2) is 36.5 Å². The molecule has 0 fully saturated rings. The molecule has 2 aromatic carbocycles. The Morgan fingerprint density at radius 3 is 2.50 bits per heavy atom. The largest absolute Gasteiger partial charge is 0.461 e. The van der Waals surface area contributed by atoms with Gasteiger partial charge in [0.15, 0.2) is 14.0 Å². The van der Waals surface area contributed by atoms with Crippen LogP contribution in [0, 0.1) is 0 Å². The monoisotopic (exact) mass is 480 g/mol. The van der Waals surface area contributed by atoms with Gasteiger partial charge in [-0.05, 0) is 67.6 Å². The van der Waals surface area contributed by atoms with Crippen molar-refractivity contribution in [1.82, 2.24) is 9.55 Å². The van der Waals surface area contributed by atoms with Gasteiger partial charge < -0.3 is 13.7 Å². The van der Waals surface area contributed by atoms with Crippen molar-refractivity contribution < 1.29 is 14.0 Å². The number of carbonyl (C=O) groups excluding carboxylic acids is 1. The standard InChI is InChI=1S/C28H40N2O3Si/c1-8-32-27(31)25-19-30(20-29-25)26(21(2)33-34(6,7)28(3,4)5)15-11-12-22-16-17-23-13-9-10-14-24(23)18-22/h9-10,13-14,16-21,26H,8,11-12,15H2,1-7H3. The Morgan fingerprint density at radius 2 is 1.82 bits per heavy atom. The number of nitrogens with zero attached hydrogens (tertiary/aromatic N) is 2. The first kappa shape index (κ1) is 26.2. The van der Waals surface area contributed by atoms with E-state index < -0.39 is 8.32 Å². The van der Waals surface area contributed by atoms with Crippen molar-refractivity contribution in [2.45, 2.75) is 84.2 Å². The fourth-order valence-electron chi connectivity index (χ4n) is 4.08. The van der Waals surface area contributed by atoms with Gasteiger partial charge in [-0.2, -0.15) is 0 Å². The molecule has 0 aliphatic heterocycles. The summed E-state index contributed by atoms with van der Waals surface area (Å²) in [5.41, 5.74) is 1.69. The SMILES string of the molecule is CCOC(=O)c1cn(C(CCCc2ccc3ccccc3c2)C(C)O[Si](C)(C)C(C)(C)C)cn1. The molecule has 3 rings (SSSR count). The van der Waals surface area contributed by atoms with Crippen molar-refractivity contribution in [2.75, 3.05) is 6.61 Å². The summed E-state index contributed by atoms with van der Waals surface area (Å²) in [5.74, 6) is -0.380. The van der Waals surface area contributed by atoms with Gasteiger partial charge in [0.2, 0.25) is 0 Å². The van der Waals surface area contributed by atoms with Gasteiger partial charge in [0.25, 0.3) is 0 Å². The Balaban J connectivity index is 1.77. The predicted octanol–water partition coefficient (Wildman–Crippen LogP) is 7.19. The van der Waals surface area contributed by atoms with Crippen LogP contribution in [0.2, 0.25) is 18.1 Å². The highest BCUT2D eigenvalue weighted by Gasteiger charge is 2.40. The lowest BCUT2D eigenvalue weighted by atomic mass is 9.99. The minimum absolute atomic E-state index is 0.00161. The second-order valence-electron chi connectivity index (χ2n) is 10.7. The van der Waals surface area contributed by atoms with Crippen LogP contribution < -0.4 is 0 Å². The number of fused-ring (bicyclic) bond motifs is 1. The van der Waals surface area contributed by atoms with Crippen LogP contribution in [0.25, 0.3) is 10.8 Å². The van der Waals surface area contributed by atoms with Gasteiger partial charge in [-0.3, -0.25) is 0 Å². The zero-order chi connectivity index (χ0) is 24.9. The molecule has 0 saturated heterocycles. The number of hydrogen-bond acceptors (Lipinski definition) is 4. The third kappa shape index (κ3) is 6.36. The Hall–Kier alpha value is -2.44. The van der Waals surface area contributed by atoms with Crippen molar-refractivity contribution >= 4 is 25.1 Å². The fourth-order valence-corrected chi connectivity index (χ4v) is 5.52. The fraction of sp³-hybridized carbons (Fsp3) is 0.500. The lowest BCUT2D eigenvalue weighted by Gasteiger charge is -2.40. The molecule has 0 N–H and O–H groups in total. The third-order valence-electron chi connectivity index (χ3n) is 7.08. The lowest BCUT2D eigenvalue weighted by Crippen LogP contribution is -2.45. The van der Waals surface area contributed by atoms with Crippen LogP contribution in [0.3, 0.4) is 0 Å². The van der Waals surface area contributed by atoms with Gasteiger partial charge in [-0.1, -0.05) is 63.2 Å². The van der Waals surface area contributed by atoms with Crippen molar-refractivity contribution in [2.24, 2.45) is 0 Å². The van der Waals surface area contributed by atoms with Crippen molar-refractivity contribution in [3.63, 3.8) is 0 Å². The second kappa shape index (κ2) is 10.9. The Morgan fingerprint density at radius 1 is 1.12 bits per heavy atom. The van der Waals surface area contributed by atoms with Crippen molar-refractivity contribution in [1.29, 1.82) is 0 Å². The Kier molecular flexibility index (Phi) is 8.37. The summed E-state index contributed by atoms with van der Waals surface area (Å²) < 4.78 is 14.0. The topological polar surface area (TPSA) is 53.4 Å². The molecule has 2 atom stereocenters. The predicted molar refractivity (Wildman–Crippen MR) is 142 cm³/mol. The normalized spacial score (nSPS) is 14.2. The molecule has 0 aliphatic rings. The van der Waals surface area contributed by atoms with Gasteiger partial charge >= 0.3 is 5.97 Å². The van der Waals surface area contributed by atoms with E-state index >= 15 is 0 Å². The quantitative estimate of drug-likeness (QED) is 0.228. The van der Waals surface area contributed by atoms with Gasteiger partial charge in [-0.25, -0.2) is 9.78 Å². The maximum absolute atomic E-state index is 12.2. The van der Waals surface area contributed by atoms with E-state index in [-0.39, 0.29) is 23.2 Å². The first-order valence-corrected chi connectivity index (χ1v) is 15.3. The number of aromatic nitrogens is 2. The molecular weight excluding hydrogens is 440 g/mol. The zero-order valence-corrected chi connectivity index (χ0v) is 22.8. The average molecular weight is 481 g/mol. The first-order valence-electron chi connectivity index (χ1n) is 12.4. The van der Waals surface area contributed by atoms with Gasteiger partial charge in [0.05, 0.1) is 25.1 Å². The molecule has 1 heterocycles. The van der Waals surface area contributed by atoms with E-state index in [0.717, 1.165) is 19.3 Å². The Labute approximate surface area is 205 Å². The highest BCUT2D eigenvalue weighted by atomic mass is 28.4. The minimum atomic E-state index is -1.95.